The molecule has 5 rings (SSSR count). The number of allylic oxidation sites excluding steroid dienone is 1. The summed E-state index contributed by atoms with van der Waals surface area (Å²) >= 11 is 0. The summed E-state index contributed by atoms with van der Waals surface area (Å²) in [5.74, 6) is 1.14. The lowest BCUT2D eigenvalue weighted by Crippen LogP contribution is -2.32. The smallest absolute Gasteiger partial charge is 0.136 e. The van der Waals surface area contributed by atoms with Crippen LogP contribution in [-0.4, -0.2) is 10.5 Å². The summed E-state index contributed by atoms with van der Waals surface area (Å²) in [6, 6.07) is 12.8. The zero-order valence-corrected chi connectivity index (χ0v) is 17.5. The van der Waals surface area contributed by atoms with Crippen molar-refractivity contribution in [2.75, 3.05) is 5.32 Å². The second kappa shape index (κ2) is 6.56. The van der Waals surface area contributed by atoms with Crippen molar-refractivity contribution in [1.82, 2.24) is 4.98 Å². The number of pyridine rings is 1. The summed E-state index contributed by atoms with van der Waals surface area (Å²) < 4.78 is 20.4. The van der Waals surface area contributed by atoms with Gasteiger partial charge in [0.25, 0.3) is 0 Å². The molecule has 2 aliphatic heterocycles. The van der Waals surface area contributed by atoms with E-state index >= 15 is 0 Å². The molecule has 2 aliphatic rings. The van der Waals surface area contributed by atoms with Crippen molar-refractivity contribution in [3.05, 3.63) is 82.9 Å². The lowest BCUT2D eigenvalue weighted by atomic mass is 9.83. The number of aryl methyl sites for hydroxylation is 1. The first-order valence-electron chi connectivity index (χ1n) is 10.1. The molecule has 30 heavy (non-hydrogen) atoms. The Labute approximate surface area is 175 Å². The normalized spacial score (nSPS) is 17.2. The molecule has 0 fully saturated rings. The van der Waals surface area contributed by atoms with Gasteiger partial charge >= 0.3 is 0 Å². The van der Waals surface area contributed by atoms with Crippen LogP contribution in [0.25, 0.3) is 28.5 Å². The number of hydrogen-bond acceptors (Lipinski definition) is 3. The third-order valence-corrected chi connectivity index (χ3v) is 5.55. The molecular formula is C26H23FN2O. The molecule has 1 N–H and O–H groups in total. The van der Waals surface area contributed by atoms with E-state index in [9.17, 15) is 4.39 Å². The van der Waals surface area contributed by atoms with Crippen molar-refractivity contribution in [1.29, 1.82) is 0 Å². The molecular weight excluding hydrogens is 375 g/mol. The number of hydrogen-bond donors (Lipinski definition) is 1. The minimum Gasteiger partial charge on any atom is -0.456 e. The molecule has 0 spiro atoms. The van der Waals surface area contributed by atoms with Gasteiger partial charge < -0.3 is 10.1 Å². The molecule has 0 amide bonds. The molecule has 0 aliphatic carbocycles. The van der Waals surface area contributed by atoms with E-state index in [0.717, 1.165) is 45.0 Å². The number of nitrogens with zero attached hydrogens (tertiary/aromatic N) is 1. The zero-order chi connectivity index (χ0) is 21.0. The number of aromatic nitrogens is 1. The first-order chi connectivity index (χ1) is 14.3. The van der Waals surface area contributed by atoms with Gasteiger partial charge in [-0.05, 0) is 86.9 Å². The van der Waals surface area contributed by atoms with Gasteiger partial charge in [0, 0.05) is 34.3 Å². The van der Waals surface area contributed by atoms with Crippen molar-refractivity contribution < 1.29 is 9.13 Å². The van der Waals surface area contributed by atoms with Gasteiger partial charge in [-0.1, -0.05) is 12.1 Å². The van der Waals surface area contributed by atoms with Crippen LogP contribution >= 0.6 is 0 Å². The second-order valence-electron chi connectivity index (χ2n) is 8.57. The molecule has 3 aromatic rings. The minimum atomic E-state index is -0.273. The van der Waals surface area contributed by atoms with E-state index in [0.29, 0.717) is 5.75 Å². The van der Waals surface area contributed by atoms with E-state index in [-0.39, 0.29) is 11.4 Å². The lowest BCUT2D eigenvalue weighted by molar-refractivity contribution is 0.511. The summed E-state index contributed by atoms with van der Waals surface area (Å²) in [4.78, 5) is 4.29. The van der Waals surface area contributed by atoms with Crippen LogP contribution in [0.15, 0.2) is 54.7 Å². The molecule has 0 radical (unpaired) electrons. The summed E-state index contributed by atoms with van der Waals surface area (Å²) in [7, 11) is 0. The highest BCUT2D eigenvalue weighted by atomic mass is 19.1. The average molecular weight is 398 g/mol. The van der Waals surface area contributed by atoms with Crippen LogP contribution in [-0.2, 0) is 0 Å². The van der Waals surface area contributed by atoms with Crippen molar-refractivity contribution >= 4 is 23.1 Å². The van der Waals surface area contributed by atoms with Crippen molar-refractivity contribution in [2.24, 2.45) is 0 Å². The van der Waals surface area contributed by atoms with E-state index in [2.05, 4.69) is 49.3 Å². The van der Waals surface area contributed by atoms with Gasteiger partial charge in [-0.15, -0.1) is 0 Å². The maximum atomic E-state index is 14.1. The van der Waals surface area contributed by atoms with Gasteiger partial charge in [-0.25, -0.2) is 4.39 Å². The van der Waals surface area contributed by atoms with Crippen LogP contribution in [0.1, 0.15) is 43.2 Å². The first kappa shape index (κ1) is 18.6. The van der Waals surface area contributed by atoms with E-state index in [4.69, 9.17) is 4.74 Å². The van der Waals surface area contributed by atoms with E-state index < -0.39 is 0 Å². The number of nitrogens with one attached hydrogen (secondary N) is 1. The Balaban J connectivity index is 1.81. The minimum absolute atomic E-state index is 0.142. The third-order valence-electron chi connectivity index (χ3n) is 5.55. The van der Waals surface area contributed by atoms with Gasteiger partial charge in [0.15, 0.2) is 0 Å². The highest BCUT2D eigenvalue weighted by Crippen LogP contribution is 2.49. The molecule has 150 valence electrons. The Hall–Kier alpha value is -3.40. The summed E-state index contributed by atoms with van der Waals surface area (Å²) in [6.07, 6.45) is 6.06. The summed E-state index contributed by atoms with van der Waals surface area (Å²) in [5.41, 5.74) is 7.86. The van der Waals surface area contributed by atoms with Crippen molar-refractivity contribution in [3.8, 4) is 16.9 Å². The molecule has 0 unspecified atom stereocenters. The molecule has 3 nitrogen and oxygen atoms in total. The van der Waals surface area contributed by atoms with Crippen LogP contribution < -0.4 is 10.1 Å². The predicted octanol–water partition coefficient (Wildman–Crippen LogP) is 6.69. The molecule has 0 bridgehead atoms. The maximum Gasteiger partial charge on any atom is 0.136 e. The number of benzene rings is 2. The Morgan fingerprint density at radius 1 is 1.00 bits per heavy atom. The maximum absolute atomic E-state index is 14.1. The highest BCUT2D eigenvalue weighted by molar-refractivity contribution is 6.00. The number of rotatable bonds is 1. The largest absolute Gasteiger partial charge is 0.456 e. The lowest BCUT2D eigenvalue weighted by Gasteiger charge is -2.35. The third kappa shape index (κ3) is 3.09. The van der Waals surface area contributed by atoms with Gasteiger partial charge in [-0.3, -0.25) is 4.98 Å². The van der Waals surface area contributed by atoms with Crippen LogP contribution in [0.4, 0.5) is 10.1 Å². The molecule has 3 heterocycles. The fraction of sp³-hybridized carbons (Fsp3) is 0.192. The van der Waals surface area contributed by atoms with Gasteiger partial charge in [-0.2, -0.15) is 0 Å². The molecule has 2 aromatic carbocycles. The Morgan fingerprint density at radius 3 is 2.63 bits per heavy atom. The number of halogens is 1. The quantitative estimate of drug-likeness (QED) is 0.496. The van der Waals surface area contributed by atoms with Crippen molar-refractivity contribution in [2.45, 2.75) is 33.2 Å². The number of anilines is 1. The van der Waals surface area contributed by atoms with Crippen LogP contribution in [0, 0.1) is 12.7 Å². The Kier molecular flexibility index (Phi) is 4.07. The van der Waals surface area contributed by atoms with Crippen molar-refractivity contribution in [3.63, 3.8) is 0 Å². The average Bonchev–Trinajstić information content (AvgIpc) is 2.67. The van der Waals surface area contributed by atoms with Gasteiger partial charge in [0.2, 0.25) is 0 Å². The molecule has 0 saturated heterocycles. The molecule has 0 saturated carbocycles. The predicted molar refractivity (Wildman–Crippen MR) is 121 cm³/mol. The standard InChI is InChI=1S/C26H23FN2O/c1-15-14-26(3,4)29-21-7-6-19-20-13-18(27)5-8-22(20)30-23(25(19)24(15)21)12-17-9-10-28-16(2)11-17/h5-14,29H,1-4H3/b23-12-. The molecule has 1 aromatic heterocycles. The SMILES string of the molecule is CC1=CC(C)(C)Nc2ccc3c(c21)/C(=C/c1ccnc(C)c1)Oc1ccc(F)cc1-3. The highest BCUT2D eigenvalue weighted by Gasteiger charge is 2.31. The topological polar surface area (TPSA) is 34.2 Å². The van der Waals surface area contributed by atoms with E-state index in [1.165, 1.54) is 11.6 Å². The Morgan fingerprint density at radius 2 is 1.83 bits per heavy atom. The van der Waals surface area contributed by atoms with Crippen LogP contribution in [0.2, 0.25) is 0 Å². The Bertz CT molecular complexity index is 1250. The fourth-order valence-corrected chi connectivity index (χ4v) is 4.47. The first-order valence-corrected chi connectivity index (χ1v) is 10.1. The molecule has 4 heteroatoms. The van der Waals surface area contributed by atoms with E-state index in [1.54, 1.807) is 18.3 Å². The molecule has 0 atom stereocenters. The zero-order valence-electron chi connectivity index (χ0n) is 17.5. The number of fused-ring (bicyclic) bond motifs is 5. The second-order valence-corrected chi connectivity index (χ2v) is 8.57. The number of ether oxygens (including phenoxy) is 1. The monoisotopic (exact) mass is 398 g/mol. The van der Waals surface area contributed by atoms with Gasteiger partial charge in [0.05, 0.1) is 5.54 Å². The summed E-state index contributed by atoms with van der Waals surface area (Å²) in [5, 5.41) is 3.60. The van der Waals surface area contributed by atoms with Crippen LogP contribution in [0.5, 0.6) is 5.75 Å². The fourth-order valence-electron chi connectivity index (χ4n) is 4.47. The van der Waals surface area contributed by atoms with Gasteiger partial charge in [0.1, 0.15) is 17.3 Å². The van der Waals surface area contributed by atoms with Crippen LogP contribution in [0.3, 0.4) is 0 Å². The summed E-state index contributed by atoms with van der Waals surface area (Å²) in [6.45, 7) is 8.39. The van der Waals surface area contributed by atoms with E-state index in [1.807, 2.05) is 25.1 Å².